The molecule has 0 fully saturated rings. The van der Waals surface area contributed by atoms with Crippen molar-refractivity contribution in [2.45, 2.75) is 26.4 Å². The van der Waals surface area contributed by atoms with Gasteiger partial charge in [0, 0.05) is 30.6 Å². The van der Waals surface area contributed by atoms with Crippen LogP contribution in [0.2, 0.25) is 0 Å². The Hall–Kier alpha value is -0.740. The number of nitrogens with one attached hydrogen (secondary N) is 1. The fourth-order valence-corrected chi connectivity index (χ4v) is 1.99. The van der Waals surface area contributed by atoms with Crippen LogP contribution in [0, 0.1) is 0 Å². The van der Waals surface area contributed by atoms with Crippen molar-refractivity contribution in [3.8, 4) is 5.88 Å². The second kappa shape index (κ2) is 7.52. The lowest BCUT2D eigenvalue weighted by Gasteiger charge is -2.12. The Morgan fingerprint density at radius 2 is 2.31 bits per heavy atom. The van der Waals surface area contributed by atoms with Crippen molar-refractivity contribution in [1.82, 2.24) is 10.3 Å². The van der Waals surface area contributed by atoms with Gasteiger partial charge < -0.3 is 10.1 Å². The molecule has 0 spiro atoms. The van der Waals surface area contributed by atoms with Crippen LogP contribution in [0.4, 0.5) is 0 Å². The number of nitrogens with zero attached hydrogens (tertiary/aromatic N) is 1. The Morgan fingerprint density at radius 3 is 2.88 bits per heavy atom. The topological polar surface area (TPSA) is 34.1 Å². The molecule has 0 saturated carbocycles. The molecule has 0 aromatic carbocycles. The highest BCUT2D eigenvalue weighted by atomic mass is 32.2. The van der Waals surface area contributed by atoms with E-state index < -0.39 is 0 Å². The van der Waals surface area contributed by atoms with Gasteiger partial charge in [0.15, 0.2) is 0 Å². The lowest BCUT2D eigenvalue weighted by molar-refractivity contribution is 0.397. The molecule has 1 heterocycles. The molecule has 4 heteroatoms. The van der Waals surface area contributed by atoms with E-state index in [9.17, 15) is 0 Å². The number of rotatable bonds is 7. The van der Waals surface area contributed by atoms with E-state index in [1.54, 1.807) is 7.11 Å². The summed E-state index contributed by atoms with van der Waals surface area (Å²) in [5, 5.41) is 3.47. The van der Waals surface area contributed by atoms with Crippen LogP contribution >= 0.6 is 11.8 Å². The Bertz CT molecular complexity index is 290. The van der Waals surface area contributed by atoms with Gasteiger partial charge in [-0.1, -0.05) is 13.0 Å². The summed E-state index contributed by atoms with van der Waals surface area (Å²) in [6.45, 7) is 5.26. The summed E-state index contributed by atoms with van der Waals surface area (Å²) in [6.07, 6.45) is 1.85. The zero-order valence-electron chi connectivity index (χ0n) is 10.2. The Morgan fingerprint density at radius 1 is 1.50 bits per heavy atom. The minimum Gasteiger partial charge on any atom is -0.481 e. The van der Waals surface area contributed by atoms with Crippen molar-refractivity contribution >= 4 is 11.8 Å². The van der Waals surface area contributed by atoms with E-state index >= 15 is 0 Å². The maximum absolute atomic E-state index is 5.01. The third kappa shape index (κ3) is 4.86. The molecule has 16 heavy (non-hydrogen) atoms. The first-order valence-electron chi connectivity index (χ1n) is 5.56. The van der Waals surface area contributed by atoms with Gasteiger partial charge in [0.2, 0.25) is 5.88 Å². The lowest BCUT2D eigenvalue weighted by atomic mass is 10.2. The highest BCUT2D eigenvalue weighted by Gasteiger charge is 2.01. The summed E-state index contributed by atoms with van der Waals surface area (Å²) in [7, 11) is 1.63. The predicted octanol–water partition coefficient (Wildman–Crippen LogP) is 2.32. The zero-order valence-corrected chi connectivity index (χ0v) is 11.0. The molecule has 1 aromatic rings. The van der Waals surface area contributed by atoms with Crippen molar-refractivity contribution < 1.29 is 4.74 Å². The van der Waals surface area contributed by atoms with Gasteiger partial charge in [-0.2, -0.15) is 11.8 Å². The van der Waals surface area contributed by atoms with Crippen LogP contribution in [-0.4, -0.2) is 29.6 Å². The van der Waals surface area contributed by atoms with Crippen LogP contribution in [-0.2, 0) is 6.54 Å². The Balaban J connectivity index is 2.30. The number of ether oxygens (including phenoxy) is 1. The molecule has 0 saturated heterocycles. The zero-order chi connectivity index (χ0) is 11.8. The van der Waals surface area contributed by atoms with E-state index in [0.717, 1.165) is 12.3 Å². The van der Waals surface area contributed by atoms with Gasteiger partial charge in [0.25, 0.3) is 0 Å². The van der Waals surface area contributed by atoms with Crippen LogP contribution in [0.3, 0.4) is 0 Å². The molecule has 1 rings (SSSR count). The number of hydrogen-bond donors (Lipinski definition) is 1. The first-order chi connectivity index (χ1) is 7.76. The molecule has 0 aliphatic heterocycles. The third-order valence-corrected chi connectivity index (χ3v) is 3.38. The molecule has 0 amide bonds. The van der Waals surface area contributed by atoms with Crippen LogP contribution in [0.25, 0.3) is 0 Å². The summed E-state index contributed by atoms with van der Waals surface area (Å²) in [5.74, 6) is 2.99. The van der Waals surface area contributed by atoms with Gasteiger partial charge in [-0.05, 0) is 18.2 Å². The normalized spacial score (nSPS) is 12.4. The Labute approximate surface area is 102 Å². The van der Waals surface area contributed by atoms with Crippen LogP contribution in [0.15, 0.2) is 18.3 Å². The van der Waals surface area contributed by atoms with Gasteiger partial charge in [-0.3, -0.25) is 0 Å². The summed E-state index contributed by atoms with van der Waals surface area (Å²) < 4.78 is 5.01. The summed E-state index contributed by atoms with van der Waals surface area (Å²) in [5.41, 5.74) is 1.19. The van der Waals surface area contributed by atoms with E-state index in [1.165, 1.54) is 11.3 Å². The molecule has 1 N–H and O–H groups in total. The highest BCUT2D eigenvalue weighted by molar-refractivity contribution is 7.99. The van der Waals surface area contributed by atoms with E-state index in [1.807, 2.05) is 30.1 Å². The molecular weight excluding hydrogens is 220 g/mol. The minimum atomic E-state index is 0.534. The smallest absolute Gasteiger partial charge is 0.212 e. The SMILES string of the molecule is CCSCC(C)NCc1ccc(OC)nc1. The van der Waals surface area contributed by atoms with Crippen molar-refractivity contribution in [3.05, 3.63) is 23.9 Å². The Kier molecular flexibility index (Phi) is 6.26. The molecule has 1 unspecified atom stereocenters. The quantitative estimate of drug-likeness (QED) is 0.793. The van der Waals surface area contributed by atoms with E-state index in [2.05, 4.69) is 24.1 Å². The van der Waals surface area contributed by atoms with E-state index in [4.69, 9.17) is 4.74 Å². The fourth-order valence-electron chi connectivity index (χ4n) is 1.28. The minimum absolute atomic E-state index is 0.534. The third-order valence-electron chi connectivity index (χ3n) is 2.23. The van der Waals surface area contributed by atoms with Gasteiger partial charge in [-0.15, -0.1) is 0 Å². The molecule has 0 radical (unpaired) electrons. The molecule has 1 aromatic heterocycles. The molecule has 90 valence electrons. The predicted molar refractivity (Wildman–Crippen MR) is 70.1 cm³/mol. The van der Waals surface area contributed by atoms with E-state index in [0.29, 0.717) is 11.9 Å². The lowest BCUT2D eigenvalue weighted by Crippen LogP contribution is -2.27. The summed E-state index contributed by atoms with van der Waals surface area (Å²) >= 11 is 1.96. The number of aromatic nitrogens is 1. The van der Waals surface area contributed by atoms with Gasteiger partial charge in [-0.25, -0.2) is 4.98 Å². The molecule has 0 aliphatic carbocycles. The van der Waals surface area contributed by atoms with Crippen molar-refractivity contribution in [1.29, 1.82) is 0 Å². The molecule has 0 aliphatic rings. The van der Waals surface area contributed by atoms with Crippen molar-refractivity contribution in [2.24, 2.45) is 0 Å². The number of pyridine rings is 1. The van der Waals surface area contributed by atoms with E-state index in [-0.39, 0.29) is 0 Å². The molecule has 3 nitrogen and oxygen atoms in total. The number of thioether (sulfide) groups is 1. The van der Waals surface area contributed by atoms with Gasteiger partial charge >= 0.3 is 0 Å². The average Bonchev–Trinajstić information content (AvgIpc) is 2.34. The van der Waals surface area contributed by atoms with Gasteiger partial charge in [0.1, 0.15) is 0 Å². The first-order valence-corrected chi connectivity index (χ1v) is 6.71. The number of methoxy groups -OCH3 is 1. The second-order valence-electron chi connectivity index (χ2n) is 3.65. The standard InChI is InChI=1S/C12H20N2OS/c1-4-16-9-10(2)13-7-11-5-6-12(15-3)14-8-11/h5-6,8,10,13H,4,7,9H2,1-3H3. The largest absolute Gasteiger partial charge is 0.481 e. The van der Waals surface area contributed by atoms with Crippen LogP contribution < -0.4 is 10.1 Å². The fraction of sp³-hybridized carbons (Fsp3) is 0.583. The maximum Gasteiger partial charge on any atom is 0.212 e. The van der Waals surface area contributed by atoms with Crippen molar-refractivity contribution in [2.75, 3.05) is 18.6 Å². The molecular formula is C12H20N2OS. The highest BCUT2D eigenvalue weighted by Crippen LogP contribution is 2.07. The summed E-state index contributed by atoms with van der Waals surface area (Å²) in [4.78, 5) is 4.17. The van der Waals surface area contributed by atoms with Crippen LogP contribution in [0.1, 0.15) is 19.4 Å². The number of hydrogen-bond acceptors (Lipinski definition) is 4. The molecule has 0 bridgehead atoms. The maximum atomic E-state index is 5.01. The second-order valence-corrected chi connectivity index (χ2v) is 4.97. The molecule has 1 atom stereocenters. The monoisotopic (exact) mass is 240 g/mol. The van der Waals surface area contributed by atoms with Crippen LogP contribution in [0.5, 0.6) is 5.88 Å². The van der Waals surface area contributed by atoms with Crippen molar-refractivity contribution in [3.63, 3.8) is 0 Å². The first kappa shape index (κ1) is 13.3. The summed E-state index contributed by atoms with van der Waals surface area (Å²) in [6, 6.07) is 4.47. The average molecular weight is 240 g/mol. The van der Waals surface area contributed by atoms with Gasteiger partial charge in [0.05, 0.1) is 7.11 Å².